The second-order valence-corrected chi connectivity index (χ2v) is 5.66. The van der Waals surface area contributed by atoms with Crippen molar-refractivity contribution in [1.29, 1.82) is 0 Å². The average Bonchev–Trinajstić information content (AvgIpc) is 2.86. The number of aliphatic carboxylic acids is 1. The smallest absolute Gasteiger partial charge is 0.337 e. The van der Waals surface area contributed by atoms with E-state index in [2.05, 4.69) is 10.4 Å². The van der Waals surface area contributed by atoms with Gasteiger partial charge in [-0.3, -0.25) is 4.79 Å². The van der Waals surface area contributed by atoms with Gasteiger partial charge < -0.3 is 15.5 Å². The second-order valence-electron chi connectivity index (χ2n) is 5.66. The van der Waals surface area contributed by atoms with Crippen molar-refractivity contribution in [3.05, 3.63) is 47.3 Å². The van der Waals surface area contributed by atoms with Gasteiger partial charge in [0.2, 0.25) is 0 Å². The molecule has 0 radical (unpaired) electrons. The van der Waals surface area contributed by atoms with E-state index in [4.69, 9.17) is 5.11 Å². The van der Waals surface area contributed by atoms with Crippen LogP contribution in [0.4, 0.5) is 0 Å². The standard InChI is InChI=1S/C16H19N3O4/c1-10-5-4-6-12(7-10)19-11(2)13(8-18-19)14(20)17-9-16(3,23)15(21)22/h4-8,23H,9H2,1-3H3,(H,17,20)(H,21,22). The molecule has 2 rings (SSSR count). The number of aromatic nitrogens is 2. The minimum atomic E-state index is -2.02. The lowest BCUT2D eigenvalue weighted by molar-refractivity contribution is -0.155. The molecule has 0 saturated heterocycles. The lowest BCUT2D eigenvalue weighted by atomic mass is 10.1. The number of hydrogen-bond acceptors (Lipinski definition) is 4. The summed E-state index contributed by atoms with van der Waals surface area (Å²) in [5, 5.41) is 25.1. The van der Waals surface area contributed by atoms with Gasteiger partial charge in [0.25, 0.3) is 5.91 Å². The summed E-state index contributed by atoms with van der Waals surface area (Å²) in [6.07, 6.45) is 1.42. The van der Waals surface area contributed by atoms with Gasteiger partial charge in [0, 0.05) is 0 Å². The molecule has 0 spiro atoms. The Labute approximate surface area is 133 Å². The topological polar surface area (TPSA) is 104 Å². The molecule has 0 fully saturated rings. The Morgan fingerprint density at radius 1 is 1.35 bits per heavy atom. The first-order valence-corrected chi connectivity index (χ1v) is 7.08. The van der Waals surface area contributed by atoms with E-state index in [1.165, 1.54) is 6.20 Å². The number of carboxylic acid groups (broad SMARTS) is 1. The molecule has 1 amide bonds. The maximum atomic E-state index is 12.2. The maximum absolute atomic E-state index is 12.2. The van der Waals surface area contributed by atoms with Gasteiger partial charge in [-0.1, -0.05) is 12.1 Å². The summed E-state index contributed by atoms with van der Waals surface area (Å²) in [4.78, 5) is 23.0. The number of nitrogens with zero attached hydrogens (tertiary/aromatic N) is 2. The minimum absolute atomic E-state index is 0.327. The molecule has 7 nitrogen and oxygen atoms in total. The van der Waals surface area contributed by atoms with Crippen molar-refractivity contribution in [2.75, 3.05) is 6.54 Å². The van der Waals surface area contributed by atoms with Gasteiger partial charge in [-0.2, -0.15) is 5.10 Å². The Hall–Kier alpha value is -2.67. The lowest BCUT2D eigenvalue weighted by Gasteiger charge is -2.18. The van der Waals surface area contributed by atoms with Crippen molar-refractivity contribution in [3.8, 4) is 5.69 Å². The number of benzene rings is 1. The summed E-state index contributed by atoms with van der Waals surface area (Å²) in [7, 11) is 0. The van der Waals surface area contributed by atoms with E-state index in [9.17, 15) is 14.7 Å². The van der Waals surface area contributed by atoms with Crippen LogP contribution in [0.3, 0.4) is 0 Å². The Morgan fingerprint density at radius 3 is 2.65 bits per heavy atom. The lowest BCUT2D eigenvalue weighted by Crippen LogP contribution is -2.46. The number of hydrogen-bond donors (Lipinski definition) is 3. The number of nitrogens with one attached hydrogen (secondary N) is 1. The first-order valence-electron chi connectivity index (χ1n) is 7.08. The molecule has 3 N–H and O–H groups in total. The zero-order chi connectivity index (χ0) is 17.2. The normalized spacial score (nSPS) is 13.4. The zero-order valence-electron chi connectivity index (χ0n) is 13.2. The van der Waals surface area contributed by atoms with Crippen LogP contribution >= 0.6 is 0 Å². The van der Waals surface area contributed by atoms with Crippen LogP contribution in [0.5, 0.6) is 0 Å². The van der Waals surface area contributed by atoms with Gasteiger partial charge in [0.05, 0.1) is 29.7 Å². The fourth-order valence-corrected chi connectivity index (χ4v) is 2.08. The van der Waals surface area contributed by atoms with Crippen LogP contribution in [0.15, 0.2) is 30.5 Å². The Bertz CT molecular complexity index is 750. The molecule has 1 atom stereocenters. The molecule has 0 bridgehead atoms. The van der Waals surface area contributed by atoms with Crippen molar-refractivity contribution in [2.24, 2.45) is 0 Å². The zero-order valence-corrected chi connectivity index (χ0v) is 13.2. The van der Waals surface area contributed by atoms with E-state index in [1.54, 1.807) is 11.6 Å². The van der Waals surface area contributed by atoms with Gasteiger partial charge >= 0.3 is 5.97 Å². The SMILES string of the molecule is Cc1cccc(-n2ncc(C(=O)NCC(C)(O)C(=O)O)c2C)c1. The fourth-order valence-electron chi connectivity index (χ4n) is 2.08. The highest BCUT2D eigenvalue weighted by Crippen LogP contribution is 2.15. The molecular weight excluding hydrogens is 298 g/mol. The average molecular weight is 317 g/mol. The van der Waals surface area contributed by atoms with Crippen LogP contribution in [-0.4, -0.2) is 44.0 Å². The van der Waals surface area contributed by atoms with Gasteiger partial charge in [-0.15, -0.1) is 0 Å². The number of carbonyl (C=O) groups excluding carboxylic acids is 1. The van der Waals surface area contributed by atoms with Crippen molar-refractivity contribution in [3.63, 3.8) is 0 Å². The summed E-state index contributed by atoms with van der Waals surface area (Å²) < 4.78 is 1.64. The predicted octanol–water partition coefficient (Wildman–Crippen LogP) is 1.05. The Balaban J connectivity index is 2.19. The van der Waals surface area contributed by atoms with E-state index in [0.717, 1.165) is 18.2 Å². The molecule has 0 saturated carbocycles. The van der Waals surface area contributed by atoms with E-state index >= 15 is 0 Å². The molecule has 1 heterocycles. The molecule has 122 valence electrons. The molecule has 0 aliphatic carbocycles. The van der Waals surface area contributed by atoms with Crippen molar-refractivity contribution in [1.82, 2.24) is 15.1 Å². The number of amides is 1. The highest BCUT2D eigenvalue weighted by molar-refractivity contribution is 5.95. The molecule has 7 heteroatoms. The van der Waals surface area contributed by atoms with Crippen molar-refractivity contribution < 1.29 is 19.8 Å². The highest BCUT2D eigenvalue weighted by atomic mass is 16.4. The fraction of sp³-hybridized carbons (Fsp3) is 0.312. The molecule has 2 aromatic rings. The third-order valence-electron chi connectivity index (χ3n) is 3.55. The predicted molar refractivity (Wildman–Crippen MR) is 83.6 cm³/mol. The van der Waals surface area contributed by atoms with Gasteiger partial charge in [-0.25, -0.2) is 9.48 Å². The third kappa shape index (κ3) is 3.57. The number of aryl methyl sites for hydroxylation is 1. The van der Waals surface area contributed by atoms with Crippen molar-refractivity contribution >= 4 is 11.9 Å². The van der Waals surface area contributed by atoms with E-state index in [0.29, 0.717) is 11.3 Å². The van der Waals surface area contributed by atoms with E-state index in [1.807, 2.05) is 31.2 Å². The maximum Gasteiger partial charge on any atom is 0.337 e. The molecule has 0 aliphatic rings. The monoisotopic (exact) mass is 317 g/mol. The first-order chi connectivity index (χ1) is 10.7. The van der Waals surface area contributed by atoms with Crippen LogP contribution in [-0.2, 0) is 4.79 Å². The second kappa shape index (κ2) is 6.21. The third-order valence-corrected chi connectivity index (χ3v) is 3.55. The molecule has 0 aliphatic heterocycles. The Kier molecular flexibility index (Phi) is 4.51. The molecule has 1 aromatic heterocycles. The highest BCUT2D eigenvalue weighted by Gasteiger charge is 2.30. The Morgan fingerprint density at radius 2 is 2.04 bits per heavy atom. The first kappa shape index (κ1) is 16.7. The van der Waals surface area contributed by atoms with Crippen molar-refractivity contribution in [2.45, 2.75) is 26.4 Å². The molecule has 1 unspecified atom stereocenters. The number of rotatable bonds is 5. The summed E-state index contributed by atoms with van der Waals surface area (Å²) in [6, 6.07) is 7.68. The van der Waals surface area contributed by atoms with Crippen LogP contribution in [0.2, 0.25) is 0 Å². The van der Waals surface area contributed by atoms with Crippen LogP contribution in [0.1, 0.15) is 28.5 Å². The summed E-state index contributed by atoms with van der Waals surface area (Å²) in [5.41, 5.74) is 0.839. The molecule has 1 aromatic carbocycles. The number of carboxylic acids is 1. The van der Waals surface area contributed by atoms with Crippen LogP contribution in [0.25, 0.3) is 5.69 Å². The molecular formula is C16H19N3O4. The van der Waals surface area contributed by atoms with Gasteiger partial charge in [0.15, 0.2) is 5.60 Å². The molecule has 23 heavy (non-hydrogen) atoms. The number of aliphatic hydroxyl groups is 1. The summed E-state index contributed by atoms with van der Waals surface area (Å²) in [6.45, 7) is 4.44. The van der Waals surface area contributed by atoms with Gasteiger partial charge in [0.1, 0.15) is 0 Å². The summed E-state index contributed by atoms with van der Waals surface area (Å²) in [5.74, 6) is -1.88. The van der Waals surface area contributed by atoms with E-state index < -0.39 is 24.0 Å². The largest absolute Gasteiger partial charge is 0.479 e. The minimum Gasteiger partial charge on any atom is -0.479 e. The van der Waals surface area contributed by atoms with Crippen LogP contribution in [0, 0.1) is 13.8 Å². The van der Waals surface area contributed by atoms with Crippen LogP contribution < -0.4 is 5.32 Å². The van der Waals surface area contributed by atoms with Gasteiger partial charge in [-0.05, 0) is 38.5 Å². The number of carbonyl (C=O) groups is 2. The van der Waals surface area contributed by atoms with E-state index in [-0.39, 0.29) is 0 Å². The summed E-state index contributed by atoms with van der Waals surface area (Å²) >= 11 is 0. The quantitative estimate of drug-likeness (QED) is 0.765.